The molecule has 0 radical (unpaired) electrons. The van der Waals surface area contributed by atoms with E-state index in [1.807, 2.05) is 11.3 Å². The SMILES string of the molecule is Cc1cccc2nc(CCl)n(CC(C)(C)c3cccs3)c12. The topological polar surface area (TPSA) is 17.8 Å². The van der Waals surface area contributed by atoms with E-state index in [1.165, 1.54) is 16.0 Å². The van der Waals surface area contributed by atoms with Crippen molar-refractivity contribution in [3.8, 4) is 0 Å². The van der Waals surface area contributed by atoms with E-state index in [-0.39, 0.29) is 5.41 Å². The van der Waals surface area contributed by atoms with E-state index in [0.717, 1.165) is 17.9 Å². The Morgan fingerprint density at radius 3 is 2.71 bits per heavy atom. The Morgan fingerprint density at radius 1 is 1.24 bits per heavy atom. The Hall–Kier alpha value is -1.32. The van der Waals surface area contributed by atoms with E-state index >= 15 is 0 Å². The molecule has 0 unspecified atom stereocenters. The van der Waals surface area contributed by atoms with Crippen LogP contribution in [0.3, 0.4) is 0 Å². The summed E-state index contributed by atoms with van der Waals surface area (Å²) in [6.07, 6.45) is 0. The maximum Gasteiger partial charge on any atom is 0.124 e. The predicted molar refractivity (Wildman–Crippen MR) is 91.4 cm³/mol. The molecule has 0 aliphatic carbocycles. The number of aromatic nitrogens is 2. The first-order valence-electron chi connectivity index (χ1n) is 7.07. The molecule has 0 saturated carbocycles. The molecule has 0 aliphatic rings. The van der Waals surface area contributed by atoms with Crippen molar-refractivity contribution in [2.75, 3.05) is 0 Å². The summed E-state index contributed by atoms with van der Waals surface area (Å²) in [5.41, 5.74) is 3.55. The van der Waals surface area contributed by atoms with Crippen molar-refractivity contribution in [2.45, 2.75) is 38.6 Å². The molecule has 0 N–H and O–H groups in total. The van der Waals surface area contributed by atoms with Gasteiger partial charge in [0.25, 0.3) is 0 Å². The van der Waals surface area contributed by atoms with Gasteiger partial charge in [0.05, 0.1) is 16.9 Å². The van der Waals surface area contributed by atoms with Crippen LogP contribution in [0.15, 0.2) is 35.7 Å². The minimum Gasteiger partial charge on any atom is -0.326 e. The number of imidazole rings is 1. The molecule has 0 spiro atoms. The first-order chi connectivity index (χ1) is 10.0. The fourth-order valence-electron chi connectivity index (χ4n) is 2.82. The summed E-state index contributed by atoms with van der Waals surface area (Å²) in [7, 11) is 0. The van der Waals surface area contributed by atoms with Crippen LogP contribution in [0.4, 0.5) is 0 Å². The van der Waals surface area contributed by atoms with E-state index < -0.39 is 0 Å². The standard InChI is InChI=1S/C17H19ClN2S/c1-12-6-4-7-13-16(12)20(15(10-18)19-13)11-17(2,3)14-8-5-9-21-14/h4-9H,10-11H2,1-3H3. The second-order valence-corrected chi connectivity index (χ2v) is 7.27. The average Bonchev–Trinajstić information content (AvgIpc) is 3.07. The van der Waals surface area contributed by atoms with Gasteiger partial charge in [0.15, 0.2) is 0 Å². The number of fused-ring (bicyclic) bond motifs is 1. The molecule has 2 heterocycles. The molecule has 110 valence electrons. The first kappa shape index (κ1) is 14.6. The Balaban J connectivity index is 2.12. The monoisotopic (exact) mass is 318 g/mol. The Bertz CT molecular complexity index is 757. The zero-order chi connectivity index (χ0) is 15.0. The molecular formula is C17H19ClN2S. The maximum atomic E-state index is 6.13. The molecule has 0 amide bonds. The van der Waals surface area contributed by atoms with Crippen molar-refractivity contribution in [1.82, 2.24) is 9.55 Å². The van der Waals surface area contributed by atoms with Crippen molar-refractivity contribution >= 4 is 34.0 Å². The fourth-order valence-corrected chi connectivity index (χ4v) is 3.87. The summed E-state index contributed by atoms with van der Waals surface area (Å²) in [6.45, 7) is 7.58. The predicted octanol–water partition coefficient (Wildman–Crippen LogP) is 5.12. The Morgan fingerprint density at radius 2 is 2.05 bits per heavy atom. The van der Waals surface area contributed by atoms with Crippen molar-refractivity contribution in [2.24, 2.45) is 0 Å². The second-order valence-electron chi connectivity index (χ2n) is 6.05. The third-order valence-corrected chi connectivity index (χ3v) is 5.38. The van der Waals surface area contributed by atoms with Gasteiger partial charge in [0, 0.05) is 16.8 Å². The molecule has 21 heavy (non-hydrogen) atoms. The van der Waals surface area contributed by atoms with Crippen molar-refractivity contribution < 1.29 is 0 Å². The van der Waals surface area contributed by atoms with Crippen LogP contribution in [0, 0.1) is 6.92 Å². The van der Waals surface area contributed by atoms with Gasteiger partial charge in [0.2, 0.25) is 0 Å². The Labute approximate surface area is 134 Å². The van der Waals surface area contributed by atoms with Crippen LogP contribution < -0.4 is 0 Å². The number of hydrogen-bond donors (Lipinski definition) is 0. The van der Waals surface area contributed by atoms with Crippen LogP contribution in [-0.4, -0.2) is 9.55 Å². The number of nitrogens with zero attached hydrogens (tertiary/aromatic N) is 2. The number of thiophene rings is 1. The second kappa shape index (κ2) is 5.47. The lowest BCUT2D eigenvalue weighted by Gasteiger charge is -2.25. The lowest BCUT2D eigenvalue weighted by molar-refractivity contribution is 0.443. The quantitative estimate of drug-likeness (QED) is 0.610. The van der Waals surface area contributed by atoms with Crippen LogP contribution in [0.5, 0.6) is 0 Å². The number of aryl methyl sites for hydroxylation is 1. The molecule has 0 atom stereocenters. The largest absolute Gasteiger partial charge is 0.326 e. The van der Waals surface area contributed by atoms with Crippen molar-refractivity contribution in [3.63, 3.8) is 0 Å². The number of alkyl halides is 1. The number of para-hydroxylation sites is 1. The van der Waals surface area contributed by atoms with Gasteiger partial charge in [-0.2, -0.15) is 0 Å². The highest BCUT2D eigenvalue weighted by Crippen LogP contribution is 2.32. The van der Waals surface area contributed by atoms with E-state index in [0.29, 0.717) is 5.88 Å². The van der Waals surface area contributed by atoms with Crippen molar-refractivity contribution in [3.05, 3.63) is 52.0 Å². The van der Waals surface area contributed by atoms with Gasteiger partial charge >= 0.3 is 0 Å². The minimum atomic E-state index is 0.0604. The summed E-state index contributed by atoms with van der Waals surface area (Å²) in [5.74, 6) is 1.39. The van der Waals surface area contributed by atoms with Crippen LogP contribution in [0.2, 0.25) is 0 Å². The van der Waals surface area contributed by atoms with Crippen LogP contribution in [0.25, 0.3) is 11.0 Å². The molecule has 1 aromatic carbocycles. The summed E-state index contributed by atoms with van der Waals surface area (Å²) >= 11 is 7.94. The van der Waals surface area contributed by atoms with Gasteiger partial charge in [-0.1, -0.05) is 32.0 Å². The van der Waals surface area contributed by atoms with E-state index in [2.05, 4.69) is 61.1 Å². The molecule has 0 fully saturated rings. The molecule has 3 rings (SSSR count). The highest BCUT2D eigenvalue weighted by Gasteiger charge is 2.25. The van der Waals surface area contributed by atoms with Crippen molar-refractivity contribution in [1.29, 1.82) is 0 Å². The Kier molecular flexibility index (Phi) is 3.80. The zero-order valence-electron chi connectivity index (χ0n) is 12.6. The fraction of sp³-hybridized carbons (Fsp3) is 0.353. The van der Waals surface area contributed by atoms with Crippen LogP contribution in [-0.2, 0) is 17.8 Å². The summed E-state index contributed by atoms with van der Waals surface area (Å²) in [6, 6.07) is 10.6. The number of rotatable bonds is 4. The van der Waals surface area contributed by atoms with Gasteiger partial charge in [-0.05, 0) is 30.0 Å². The molecular weight excluding hydrogens is 300 g/mol. The number of hydrogen-bond acceptors (Lipinski definition) is 2. The molecule has 0 saturated heterocycles. The van der Waals surface area contributed by atoms with Crippen LogP contribution in [0.1, 0.15) is 30.1 Å². The van der Waals surface area contributed by atoms with Gasteiger partial charge in [-0.25, -0.2) is 4.98 Å². The van der Waals surface area contributed by atoms with Gasteiger partial charge in [-0.15, -0.1) is 22.9 Å². The molecule has 4 heteroatoms. The molecule has 3 aromatic rings. The normalized spacial score (nSPS) is 12.2. The average molecular weight is 319 g/mol. The lowest BCUT2D eigenvalue weighted by Crippen LogP contribution is -2.24. The summed E-state index contributed by atoms with van der Waals surface area (Å²) < 4.78 is 2.29. The lowest BCUT2D eigenvalue weighted by atomic mass is 9.91. The highest BCUT2D eigenvalue weighted by molar-refractivity contribution is 7.10. The minimum absolute atomic E-state index is 0.0604. The van der Waals surface area contributed by atoms with Gasteiger partial charge in [0.1, 0.15) is 5.82 Å². The third kappa shape index (κ3) is 2.60. The molecule has 0 aliphatic heterocycles. The number of benzene rings is 1. The smallest absolute Gasteiger partial charge is 0.124 e. The van der Waals surface area contributed by atoms with E-state index in [4.69, 9.17) is 16.6 Å². The first-order valence-corrected chi connectivity index (χ1v) is 8.49. The molecule has 2 nitrogen and oxygen atoms in total. The highest BCUT2D eigenvalue weighted by atomic mass is 35.5. The van der Waals surface area contributed by atoms with E-state index in [1.54, 1.807) is 0 Å². The van der Waals surface area contributed by atoms with Crippen LogP contribution >= 0.6 is 22.9 Å². The number of halogens is 1. The zero-order valence-corrected chi connectivity index (χ0v) is 14.1. The third-order valence-electron chi connectivity index (χ3n) is 3.91. The van der Waals surface area contributed by atoms with Gasteiger partial charge < -0.3 is 4.57 Å². The van der Waals surface area contributed by atoms with E-state index in [9.17, 15) is 0 Å². The van der Waals surface area contributed by atoms with Gasteiger partial charge in [-0.3, -0.25) is 0 Å². The molecule has 0 bridgehead atoms. The summed E-state index contributed by atoms with van der Waals surface area (Å²) in [4.78, 5) is 6.08. The maximum absolute atomic E-state index is 6.13. The summed E-state index contributed by atoms with van der Waals surface area (Å²) in [5, 5.41) is 2.14. The molecule has 2 aromatic heterocycles.